The van der Waals surface area contributed by atoms with Crippen LogP contribution in [0.1, 0.15) is 0 Å². The molecule has 1 aromatic carbocycles. The summed E-state index contributed by atoms with van der Waals surface area (Å²) in [5.74, 6) is 0. The zero-order valence-corrected chi connectivity index (χ0v) is 9.67. The van der Waals surface area contributed by atoms with Gasteiger partial charge in [-0.1, -0.05) is 0 Å². The SMILES string of the molecule is N#CCN(CC#N)c1ccc(N)c2ccncc12. The molecule has 0 aliphatic heterocycles. The monoisotopic (exact) mass is 237 g/mol. The summed E-state index contributed by atoms with van der Waals surface area (Å²) in [6.45, 7) is 0.308. The van der Waals surface area contributed by atoms with Crippen molar-refractivity contribution >= 4 is 22.1 Å². The lowest BCUT2D eigenvalue weighted by molar-refractivity contribution is 0.972. The predicted molar refractivity (Wildman–Crippen MR) is 69.6 cm³/mol. The fourth-order valence-electron chi connectivity index (χ4n) is 1.87. The molecule has 18 heavy (non-hydrogen) atoms. The molecule has 0 spiro atoms. The first-order valence-electron chi connectivity index (χ1n) is 5.39. The Bertz CT molecular complexity index is 634. The number of rotatable bonds is 3. The minimum absolute atomic E-state index is 0.154. The third kappa shape index (κ3) is 2.02. The van der Waals surface area contributed by atoms with Gasteiger partial charge in [0.25, 0.3) is 0 Å². The van der Waals surface area contributed by atoms with Crippen LogP contribution in [0.15, 0.2) is 30.6 Å². The molecule has 0 fully saturated rings. The first-order valence-corrected chi connectivity index (χ1v) is 5.39. The average Bonchev–Trinajstić information content (AvgIpc) is 2.39. The van der Waals surface area contributed by atoms with Crippen LogP contribution in [0.4, 0.5) is 11.4 Å². The normalized spacial score (nSPS) is 9.67. The molecule has 5 nitrogen and oxygen atoms in total. The molecule has 0 saturated carbocycles. The molecule has 2 rings (SSSR count). The van der Waals surface area contributed by atoms with E-state index in [1.54, 1.807) is 23.4 Å². The van der Waals surface area contributed by atoms with E-state index in [-0.39, 0.29) is 13.1 Å². The zero-order valence-electron chi connectivity index (χ0n) is 9.67. The number of nitrogens with zero attached hydrogens (tertiary/aromatic N) is 4. The second-order valence-electron chi connectivity index (χ2n) is 3.77. The molecule has 0 unspecified atom stereocenters. The third-order valence-electron chi connectivity index (χ3n) is 2.69. The van der Waals surface area contributed by atoms with Crippen molar-refractivity contribution in [3.05, 3.63) is 30.6 Å². The van der Waals surface area contributed by atoms with E-state index < -0.39 is 0 Å². The maximum atomic E-state index is 8.81. The number of benzene rings is 1. The summed E-state index contributed by atoms with van der Waals surface area (Å²) < 4.78 is 0. The van der Waals surface area contributed by atoms with Gasteiger partial charge < -0.3 is 10.6 Å². The van der Waals surface area contributed by atoms with Gasteiger partial charge in [-0.25, -0.2) is 0 Å². The van der Waals surface area contributed by atoms with Gasteiger partial charge in [-0.2, -0.15) is 10.5 Å². The minimum Gasteiger partial charge on any atom is -0.398 e. The molecule has 2 aromatic rings. The smallest absolute Gasteiger partial charge is 0.106 e. The van der Waals surface area contributed by atoms with Crippen LogP contribution >= 0.6 is 0 Å². The van der Waals surface area contributed by atoms with E-state index in [4.69, 9.17) is 16.3 Å². The van der Waals surface area contributed by atoms with E-state index in [9.17, 15) is 0 Å². The van der Waals surface area contributed by atoms with Gasteiger partial charge in [0.05, 0.1) is 12.1 Å². The van der Waals surface area contributed by atoms with Gasteiger partial charge in [0, 0.05) is 34.5 Å². The lowest BCUT2D eigenvalue weighted by Crippen LogP contribution is -2.24. The quantitative estimate of drug-likeness (QED) is 0.647. The van der Waals surface area contributed by atoms with Crippen LogP contribution in [0.25, 0.3) is 10.8 Å². The fraction of sp³-hybridized carbons (Fsp3) is 0.154. The van der Waals surface area contributed by atoms with E-state index >= 15 is 0 Å². The number of fused-ring (bicyclic) bond motifs is 1. The molecule has 0 radical (unpaired) electrons. The number of nitriles is 2. The van der Waals surface area contributed by atoms with Crippen LogP contribution in [0, 0.1) is 22.7 Å². The number of nitrogens with two attached hydrogens (primary N) is 1. The highest BCUT2D eigenvalue weighted by molar-refractivity contribution is 6.00. The maximum absolute atomic E-state index is 8.81. The van der Waals surface area contributed by atoms with E-state index in [0.717, 1.165) is 16.5 Å². The Labute approximate surface area is 105 Å². The highest BCUT2D eigenvalue weighted by Gasteiger charge is 2.11. The van der Waals surface area contributed by atoms with E-state index in [1.165, 1.54) is 0 Å². The molecule has 2 N–H and O–H groups in total. The molecular formula is C13H11N5. The lowest BCUT2D eigenvalue weighted by atomic mass is 10.1. The Morgan fingerprint density at radius 2 is 1.83 bits per heavy atom. The van der Waals surface area contributed by atoms with Crippen LogP contribution in [0.5, 0.6) is 0 Å². The van der Waals surface area contributed by atoms with Crippen LogP contribution in [-0.2, 0) is 0 Å². The molecule has 0 saturated heterocycles. The summed E-state index contributed by atoms with van der Waals surface area (Å²) in [5, 5.41) is 19.3. The summed E-state index contributed by atoms with van der Waals surface area (Å²) in [6.07, 6.45) is 3.37. The van der Waals surface area contributed by atoms with Gasteiger partial charge in [-0.3, -0.25) is 4.98 Å². The van der Waals surface area contributed by atoms with Gasteiger partial charge in [0.2, 0.25) is 0 Å². The third-order valence-corrected chi connectivity index (χ3v) is 2.69. The van der Waals surface area contributed by atoms with Gasteiger partial charge in [-0.15, -0.1) is 0 Å². The standard InChI is InChI=1S/C13H11N5/c14-4-7-18(8-5-15)13-2-1-12(16)10-3-6-17-9-11(10)13/h1-3,6,9H,7-8,16H2. The number of hydrogen-bond acceptors (Lipinski definition) is 5. The van der Waals surface area contributed by atoms with E-state index in [2.05, 4.69) is 17.1 Å². The Hall–Kier alpha value is -2.79. The topological polar surface area (TPSA) is 89.7 Å². The Morgan fingerprint density at radius 3 is 2.50 bits per heavy atom. The van der Waals surface area contributed by atoms with Crippen LogP contribution in [0.3, 0.4) is 0 Å². The van der Waals surface area contributed by atoms with Crippen molar-refractivity contribution in [1.82, 2.24) is 4.98 Å². The van der Waals surface area contributed by atoms with Gasteiger partial charge >= 0.3 is 0 Å². The summed E-state index contributed by atoms with van der Waals surface area (Å²) >= 11 is 0. The van der Waals surface area contributed by atoms with Crippen molar-refractivity contribution in [2.75, 3.05) is 23.7 Å². The molecule has 0 bridgehead atoms. The Kier molecular flexibility index (Phi) is 3.26. The van der Waals surface area contributed by atoms with Crippen molar-refractivity contribution in [3.8, 4) is 12.1 Å². The lowest BCUT2D eigenvalue weighted by Gasteiger charge is -2.20. The van der Waals surface area contributed by atoms with Crippen molar-refractivity contribution < 1.29 is 0 Å². The largest absolute Gasteiger partial charge is 0.398 e. The summed E-state index contributed by atoms with van der Waals surface area (Å²) in [4.78, 5) is 5.77. The number of hydrogen-bond donors (Lipinski definition) is 1. The molecule has 1 heterocycles. The highest BCUT2D eigenvalue weighted by atomic mass is 15.1. The molecule has 1 aromatic heterocycles. The van der Waals surface area contributed by atoms with Gasteiger partial charge in [-0.05, 0) is 18.2 Å². The Morgan fingerprint density at radius 1 is 1.11 bits per heavy atom. The van der Waals surface area contributed by atoms with Crippen LogP contribution < -0.4 is 10.6 Å². The maximum Gasteiger partial charge on any atom is 0.106 e. The highest BCUT2D eigenvalue weighted by Crippen LogP contribution is 2.29. The molecule has 88 valence electrons. The summed E-state index contributed by atoms with van der Waals surface area (Å²) in [5.41, 5.74) is 7.36. The summed E-state index contributed by atoms with van der Waals surface area (Å²) in [7, 11) is 0. The predicted octanol–water partition coefficient (Wildman–Crippen LogP) is 1.67. The second-order valence-corrected chi connectivity index (χ2v) is 3.77. The van der Waals surface area contributed by atoms with Gasteiger partial charge in [0.1, 0.15) is 13.1 Å². The summed E-state index contributed by atoms with van der Waals surface area (Å²) in [6, 6.07) is 9.52. The first-order chi connectivity index (χ1) is 8.77. The first kappa shape index (κ1) is 11.7. The van der Waals surface area contributed by atoms with E-state index in [1.807, 2.05) is 12.1 Å². The number of anilines is 2. The Balaban J connectivity index is 2.61. The van der Waals surface area contributed by atoms with Crippen molar-refractivity contribution in [2.45, 2.75) is 0 Å². The molecule has 0 amide bonds. The molecule has 0 aliphatic rings. The van der Waals surface area contributed by atoms with Gasteiger partial charge in [0.15, 0.2) is 0 Å². The van der Waals surface area contributed by atoms with Crippen molar-refractivity contribution in [1.29, 1.82) is 10.5 Å². The fourth-order valence-corrected chi connectivity index (χ4v) is 1.87. The van der Waals surface area contributed by atoms with Crippen molar-refractivity contribution in [3.63, 3.8) is 0 Å². The average molecular weight is 237 g/mol. The molecule has 5 heteroatoms. The number of pyridine rings is 1. The van der Waals surface area contributed by atoms with E-state index in [0.29, 0.717) is 5.69 Å². The second kappa shape index (κ2) is 5.03. The van der Waals surface area contributed by atoms with Crippen LogP contribution in [0.2, 0.25) is 0 Å². The molecule has 0 atom stereocenters. The number of nitrogen functional groups attached to an aromatic ring is 1. The minimum atomic E-state index is 0.154. The molecule has 0 aliphatic carbocycles. The molecular weight excluding hydrogens is 226 g/mol. The number of aromatic nitrogens is 1. The van der Waals surface area contributed by atoms with Crippen LogP contribution in [-0.4, -0.2) is 18.1 Å². The zero-order chi connectivity index (χ0) is 13.0. The van der Waals surface area contributed by atoms with Crippen molar-refractivity contribution in [2.24, 2.45) is 0 Å².